The number of urea groups is 1. The van der Waals surface area contributed by atoms with Crippen molar-refractivity contribution in [2.45, 2.75) is 33.4 Å². The number of rotatable bonds is 3. The van der Waals surface area contributed by atoms with Crippen molar-refractivity contribution in [1.82, 2.24) is 15.2 Å². The molecule has 0 radical (unpaired) electrons. The number of Topliss-reactive ketones (excluding diaryl/α,β-unsaturated/α-hetero) is 1. The molecule has 5 heteroatoms. The van der Waals surface area contributed by atoms with E-state index in [9.17, 15) is 9.59 Å². The summed E-state index contributed by atoms with van der Waals surface area (Å²) in [4.78, 5) is 24.4. The Bertz CT molecular complexity index is 1090. The van der Waals surface area contributed by atoms with Gasteiger partial charge >= 0.3 is 6.03 Å². The lowest BCUT2D eigenvalue weighted by Crippen LogP contribution is -2.44. The van der Waals surface area contributed by atoms with Gasteiger partial charge < -0.3 is 15.2 Å². The predicted octanol–water partition coefficient (Wildman–Crippen LogP) is 4.03. The van der Waals surface area contributed by atoms with Crippen LogP contribution in [0.1, 0.15) is 32.4 Å². The Morgan fingerprint density at radius 1 is 1.12 bits per heavy atom. The Balaban J connectivity index is 2.07. The minimum atomic E-state index is -0.459. The predicted molar refractivity (Wildman–Crippen MR) is 103 cm³/mol. The first-order valence-electron chi connectivity index (χ1n) is 8.82. The van der Waals surface area contributed by atoms with Crippen molar-refractivity contribution in [2.75, 3.05) is 0 Å². The number of benzene rings is 2. The quantitative estimate of drug-likeness (QED) is 0.751. The fourth-order valence-corrected chi connectivity index (χ4v) is 4.09. The molecule has 3 aromatic rings. The van der Waals surface area contributed by atoms with Crippen molar-refractivity contribution in [2.24, 2.45) is 0 Å². The second-order valence-corrected chi connectivity index (χ2v) is 6.63. The number of carbonyl (C=O) groups is 2. The van der Waals surface area contributed by atoms with Crippen LogP contribution in [0, 0.1) is 0 Å². The number of nitrogens with one attached hydrogen (secondary N) is 2. The van der Waals surface area contributed by atoms with Gasteiger partial charge in [0.2, 0.25) is 0 Å². The van der Waals surface area contributed by atoms with Crippen molar-refractivity contribution in [3.8, 4) is 0 Å². The highest BCUT2D eigenvalue weighted by molar-refractivity contribution is 6.10. The molecule has 132 valence electrons. The first-order chi connectivity index (χ1) is 12.5. The fourth-order valence-electron chi connectivity index (χ4n) is 4.09. The van der Waals surface area contributed by atoms with E-state index < -0.39 is 6.04 Å². The molecule has 1 unspecified atom stereocenters. The molecule has 1 aromatic heterocycles. The number of nitrogens with zero attached hydrogens (tertiary/aromatic N) is 1. The molecule has 1 aliphatic heterocycles. The SMILES string of the molecule is CCn1c2ccccc2c2cccc(C3NC(=O)NC(C)=C3C(C)=O)c21. The number of amides is 2. The van der Waals surface area contributed by atoms with Gasteiger partial charge in [0.05, 0.1) is 11.6 Å². The maximum absolute atomic E-state index is 12.3. The summed E-state index contributed by atoms with van der Waals surface area (Å²) in [6.07, 6.45) is 0. The summed E-state index contributed by atoms with van der Waals surface area (Å²) in [7, 11) is 0. The van der Waals surface area contributed by atoms with Gasteiger partial charge in [-0.05, 0) is 26.8 Å². The fraction of sp³-hybridized carbons (Fsp3) is 0.238. The molecule has 0 spiro atoms. The zero-order valence-electron chi connectivity index (χ0n) is 15.1. The van der Waals surface area contributed by atoms with Gasteiger partial charge in [0.1, 0.15) is 0 Å². The van der Waals surface area contributed by atoms with E-state index in [1.807, 2.05) is 24.3 Å². The Labute approximate surface area is 151 Å². The molecule has 2 aromatic carbocycles. The minimum absolute atomic E-state index is 0.0452. The number of aromatic nitrogens is 1. The monoisotopic (exact) mass is 347 g/mol. The average Bonchev–Trinajstić information content (AvgIpc) is 2.94. The molecule has 2 heterocycles. The summed E-state index contributed by atoms with van der Waals surface area (Å²) < 4.78 is 2.25. The van der Waals surface area contributed by atoms with E-state index in [1.165, 1.54) is 5.39 Å². The van der Waals surface area contributed by atoms with Gasteiger partial charge in [-0.25, -0.2) is 4.79 Å². The largest absolute Gasteiger partial charge is 0.340 e. The van der Waals surface area contributed by atoms with Crippen molar-refractivity contribution in [3.05, 3.63) is 59.3 Å². The molecule has 2 amide bonds. The summed E-state index contributed by atoms with van der Waals surface area (Å²) in [5, 5.41) is 7.97. The van der Waals surface area contributed by atoms with Crippen LogP contribution in [0.4, 0.5) is 4.79 Å². The number of allylic oxidation sites excluding steroid dienone is 1. The standard InChI is InChI=1S/C21H21N3O2/c1-4-24-17-11-6-5-8-14(17)15-9-7-10-16(20(15)24)19-18(13(3)25)12(2)22-21(26)23-19/h5-11,19H,4H2,1-3H3,(H2,22,23,26). The third-order valence-corrected chi connectivity index (χ3v) is 5.10. The van der Waals surface area contributed by atoms with E-state index in [4.69, 9.17) is 0 Å². The minimum Gasteiger partial charge on any atom is -0.340 e. The Morgan fingerprint density at radius 3 is 2.58 bits per heavy atom. The maximum atomic E-state index is 12.3. The number of hydrogen-bond acceptors (Lipinski definition) is 2. The van der Waals surface area contributed by atoms with E-state index in [-0.39, 0.29) is 11.8 Å². The maximum Gasteiger partial charge on any atom is 0.319 e. The zero-order chi connectivity index (χ0) is 18.4. The van der Waals surface area contributed by atoms with Gasteiger partial charge in [-0.2, -0.15) is 0 Å². The summed E-state index contributed by atoms with van der Waals surface area (Å²) in [5.41, 5.74) is 4.38. The molecule has 0 saturated carbocycles. The van der Waals surface area contributed by atoms with Crippen LogP contribution in [-0.2, 0) is 11.3 Å². The van der Waals surface area contributed by atoms with Gasteiger partial charge in [0, 0.05) is 39.7 Å². The summed E-state index contributed by atoms with van der Waals surface area (Å²) in [6, 6.07) is 13.6. The Morgan fingerprint density at radius 2 is 1.85 bits per heavy atom. The van der Waals surface area contributed by atoms with E-state index in [2.05, 4.69) is 40.3 Å². The summed E-state index contributed by atoms with van der Waals surface area (Å²) in [5.74, 6) is -0.0452. The summed E-state index contributed by atoms with van der Waals surface area (Å²) in [6.45, 7) is 6.23. The zero-order valence-corrected chi connectivity index (χ0v) is 15.1. The van der Waals surface area contributed by atoms with Crippen molar-refractivity contribution < 1.29 is 9.59 Å². The van der Waals surface area contributed by atoms with Gasteiger partial charge in [0.15, 0.2) is 5.78 Å². The van der Waals surface area contributed by atoms with Gasteiger partial charge in [-0.3, -0.25) is 4.79 Å². The molecular formula is C21H21N3O2. The van der Waals surface area contributed by atoms with Gasteiger partial charge in [0.25, 0.3) is 0 Å². The van der Waals surface area contributed by atoms with Crippen LogP contribution >= 0.6 is 0 Å². The van der Waals surface area contributed by atoms with Gasteiger partial charge in [-0.15, -0.1) is 0 Å². The summed E-state index contributed by atoms with van der Waals surface area (Å²) >= 11 is 0. The van der Waals surface area contributed by atoms with Crippen molar-refractivity contribution in [1.29, 1.82) is 0 Å². The van der Waals surface area contributed by atoms with E-state index in [0.29, 0.717) is 11.3 Å². The smallest absolute Gasteiger partial charge is 0.319 e. The number of aryl methyl sites for hydroxylation is 1. The lowest BCUT2D eigenvalue weighted by atomic mass is 9.91. The third kappa shape index (κ3) is 2.31. The highest BCUT2D eigenvalue weighted by atomic mass is 16.2. The van der Waals surface area contributed by atoms with E-state index in [0.717, 1.165) is 28.5 Å². The number of ketones is 1. The molecule has 0 aliphatic carbocycles. The molecule has 5 nitrogen and oxygen atoms in total. The van der Waals surface area contributed by atoms with Crippen LogP contribution < -0.4 is 10.6 Å². The molecule has 1 atom stereocenters. The lowest BCUT2D eigenvalue weighted by Gasteiger charge is -2.29. The number of para-hydroxylation sites is 2. The third-order valence-electron chi connectivity index (χ3n) is 5.10. The average molecular weight is 347 g/mol. The van der Waals surface area contributed by atoms with E-state index in [1.54, 1.807) is 13.8 Å². The topological polar surface area (TPSA) is 63.1 Å². The normalized spacial score (nSPS) is 17.5. The van der Waals surface area contributed by atoms with Crippen LogP contribution in [0.15, 0.2) is 53.7 Å². The highest BCUT2D eigenvalue weighted by Crippen LogP contribution is 2.37. The van der Waals surface area contributed by atoms with Crippen LogP contribution in [0.3, 0.4) is 0 Å². The first kappa shape index (κ1) is 16.4. The molecule has 4 rings (SSSR count). The van der Waals surface area contributed by atoms with Gasteiger partial charge in [-0.1, -0.05) is 36.4 Å². The van der Waals surface area contributed by atoms with Crippen LogP contribution in [0.5, 0.6) is 0 Å². The van der Waals surface area contributed by atoms with Crippen LogP contribution in [-0.4, -0.2) is 16.4 Å². The number of fused-ring (bicyclic) bond motifs is 3. The Kier molecular flexibility index (Phi) is 3.80. The first-order valence-corrected chi connectivity index (χ1v) is 8.82. The second-order valence-electron chi connectivity index (χ2n) is 6.63. The number of carbonyl (C=O) groups excluding carboxylic acids is 2. The van der Waals surface area contributed by atoms with Crippen LogP contribution in [0.2, 0.25) is 0 Å². The molecular weight excluding hydrogens is 326 g/mol. The van der Waals surface area contributed by atoms with Crippen molar-refractivity contribution >= 4 is 33.6 Å². The molecule has 0 bridgehead atoms. The lowest BCUT2D eigenvalue weighted by molar-refractivity contribution is -0.114. The molecule has 1 aliphatic rings. The van der Waals surface area contributed by atoms with Crippen LogP contribution in [0.25, 0.3) is 21.8 Å². The molecule has 0 saturated heterocycles. The number of hydrogen-bond donors (Lipinski definition) is 2. The van der Waals surface area contributed by atoms with E-state index >= 15 is 0 Å². The molecule has 2 N–H and O–H groups in total. The van der Waals surface area contributed by atoms with Crippen molar-refractivity contribution in [3.63, 3.8) is 0 Å². The Hall–Kier alpha value is -3.08. The molecule has 26 heavy (non-hydrogen) atoms. The second kappa shape index (κ2) is 6.02. The molecule has 0 fully saturated rings. The highest BCUT2D eigenvalue weighted by Gasteiger charge is 2.31.